The van der Waals surface area contributed by atoms with Crippen LogP contribution in [0.5, 0.6) is 0 Å². The Hall–Kier alpha value is -1.28. The number of rotatable bonds is 4. The SMILES string of the molecule is CCc1ccc(C)c2c(CCN(C)C)c(C)[nH]c12. The van der Waals surface area contributed by atoms with Crippen LogP contribution in [0, 0.1) is 13.8 Å². The molecule has 2 aromatic rings. The topological polar surface area (TPSA) is 19.0 Å². The number of aromatic nitrogens is 1. The molecule has 0 radical (unpaired) electrons. The van der Waals surface area contributed by atoms with Crippen molar-refractivity contribution in [3.8, 4) is 0 Å². The molecule has 0 atom stereocenters. The number of hydrogen-bond donors (Lipinski definition) is 1. The minimum absolute atomic E-state index is 1.09. The summed E-state index contributed by atoms with van der Waals surface area (Å²) in [6.45, 7) is 7.74. The van der Waals surface area contributed by atoms with Gasteiger partial charge in [0, 0.05) is 23.1 Å². The van der Waals surface area contributed by atoms with E-state index in [1.165, 1.54) is 33.3 Å². The molecule has 0 aliphatic rings. The third kappa shape index (κ3) is 2.30. The number of nitrogens with zero attached hydrogens (tertiary/aromatic N) is 1. The van der Waals surface area contributed by atoms with Crippen LogP contribution in [0.2, 0.25) is 0 Å². The van der Waals surface area contributed by atoms with Gasteiger partial charge in [-0.05, 0) is 57.5 Å². The van der Waals surface area contributed by atoms with E-state index >= 15 is 0 Å². The Morgan fingerprint density at radius 1 is 1.17 bits per heavy atom. The van der Waals surface area contributed by atoms with E-state index in [2.05, 4.69) is 56.9 Å². The molecule has 2 heteroatoms. The number of hydrogen-bond acceptors (Lipinski definition) is 1. The predicted octanol–water partition coefficient (Wildman–Crippen LogP) is 3.45. The first-order valence-corrected chi connectivity index (χ1v) is 6.79. The smallest absolute Gasteiger partial charge is 0.0494 e. The van der Waals surface area contributed by atoms with E-state index in [4.69, 9.17) is 0 Å². The number of nitrogens with one attached hydrogen (secondary N) is 1. The van der Waals surface area contributed by atoms with Crippen molar-refractivity contribution in [3.05, 3.63) is 34.5 Å². The maximum Gasteiger partial charge on any atom is 0.0494 e. The molecule has 98 valence electrons. The number of fused-ring (bicyclic) bond motifs is 1. The summed E-state index contributed by atoms with van der Waals surface area (Å²) in [7, 11) is 4.27. The average molecular weight is 244 g/mol. The molecule has 18 heavy (non-hydrogen) atoms. The van der Waals surface area contributed by atoms with Crippen LogP contribution in [0.3, 0.4) is 0 Å². The van der Waals surface area contributed by atoms with Crippen molar-refractivity contribution in [2.45, 2.75) is 33.6 Å². The van der Waals surface area contributed by atoms with Crippen LogP contribution in [0.15, 0.2) is 12.1 Å². The Kier molecular flexibility index (Phi) is 3.76. The first kappa shape index (κ1) is 13.2. The maximum atomic E-state index is 3.59. The molecule has 0 spiro atoms. The molecule has 0 fully saturated rings. The number of aromatic amines is 1. The Balaban J connectivity index is 2.55. The fraction of sp³-hybridized carbons (Fsp3) is 0.500. The lowest BCUT2D eigenvalue weighted by Gasteiger charge is -2.10. The van der Waals surface area contributed by atoms with Crippen LogP contribution in [-0.4, -0.2) is 30.5 Å². The van der Waals surface area contributed by atoms with Gasteiger partial charge in [-0.1, -0.05) is 19.1 Å². The molecular weight excluding hydrogens is 220 g/mol. The first-order valence-electron chi connectivity index (χ1n) is 6.79. The van der Waals surface area contributed by atoms with E-state index in [0.29, 0.717) is 0 Å². The highest BCUT2D eigenvalue weighted by Crippen LogP contribution is 2.29. The summed E-state index contributed by atoms with van der Waals surface area (Å²) < 4.78 is 0. The lowest BCUT2D eigenvalue weighted by atomic mass is 9.99. The van der Waals surface area contributed by atoms with Crippen LogP contribution < -0.4 is 0 Å². The van der Waals surface area contributed by atoms with Crippen molar-refractivity contribution in [3.63, 3.8) is 0 Å². The Labute approximate surface area is 110 Å². The highest BCUT2D eigenvalue weighted by molar-refractivity contribution is 5.90. The summed E-state index contributed by atoms with van der Waals surface area (Å²) in [4.78, 5) is 5.84. The third-order valence-corrected chi connectivity index (χ3v) is 3.76. The Morgan fingerprint density at radius 3 is 2.50 bits per heavy atom. The van der Waals surface area contributed by atoms with Gasteiger partial charge in [0.1, 0.15) is 0 Å². The summed E-state index contributed by atoms with van der Waals surface area (Å²) in [5, 5.41) is 1.45. The van der Waals surface area contributed by atoms with Crippen LogP contribution in [-0.2, 0) is 12.8 Å². The van der Waals surface area contributed by atoms with E-state index in [-0.39, 0.29) is 0 Å². The second-order valence-corrected chi connectivity index (χ2v) is 5.43. The van der Waals surface area contributed by atoms with E-state index in [1.54, 1.807) is 0 Å². The molecule has 1 aromatic carbocycles. The van der Waals surface area contributed by atoms with E-state index in [9.17, 15) is 0 Å². The van der Waals surface area contributed by atoms with Gasteiger partial charge in [-0.15, -0.1) is 0 Å². The lowest BCUT2D eigenvalue weighted by Crippen LogP contribution is -2.15. The van der Waals surface area contributed by atoms with Gasteiger partial charge in [0.15, 0.2) is 0 Å². The van der Waals surface area contributed by atoms with Crippen LogP contribution in [0.25, 0.3) is 10.9 Å². The lowest BCUT2D eigenvalue weighted by molar-refractivity contribution is 0.414. The van der Waals surface area contributed by atoms with Gasteiger partial charge in [-0.25, -0.2) is 0 Å². The second kappa shape index (κ2) is 5.15. The molecule has 0 bridgehead atoms. The van der Waals surface area contributed by atoms with Crippen molar-refractivity contribution in [2.75, 3.05) is 20.6 Å². The van der Waals surface area contributed by atoms with Crippen molar-refractivity contribution >= 4 is 10.9 Å². The molecule has 0 aliphatic carbocycles. The second-order valence-electron chi connectivity index (χ2n) is 5.43. The van der Waals surface area contributed by atoms with Crippen LogP contribution in [0.4, 0.5) is 0 Å². The molecule has 1 N–H and O–H groups in total. The molecule has 2 rings (SSSR count). The highest BCUT2D eigenvalue weighted by atomic mass is 15.0. The van der Waals surface area contributed by atoms with Gasteiger partial charge < -0.3 is 9.88 Å². The summed E-state index contributed by atoms with van der Waals surface area (Å²) in [6, 6.07) is 4.51. The van der Waals surface area contributed by atoms with Crippen molar-refractivity contribution in [2.24, 2.45) is 0 Å². The molecule has 0 unspecified atom stereocenters. The van der Waals surface area contributed by atoms with Gasteiger partial charge in [0.2, 0.25) is 0 Å². The van der Waals surface area contributed by atoms with Crippen molar-refractivity contribution in [1.29, 1.82) is 0 Å². The zero-order valence-electron chi connectivity index (χ0n) is 12.2. The summed E-state index contributed by atoms with van der Waals surface area (Å²) in [6.07, 6.45) is 2.21. The van der Waals surface area contributed by atoms with Gasteiger partial charge >= 0.3 is 0 Å². The molecule has 2 nitrogen and oxygen atoms in total. The first-order chi connectivity index (χ1) is 8.54. The number of likely N-dealkylation sites (N-methyl/N-ethyl adjacent to an activating group) is 1. The minimum atomic E-state index is 1.09. The highest BCUT2D eigenvalue weighted by Gasteiger charge is 2.13. The molecule has 1 aromatic heterocycles. The number of aryl methyl sites for hydroxylation is 3. The Morgan fingerprint density at radius 2 is 1.89 bits per heavy atom. The molecule has 1 heterocycles. The van der Waals surface area contributed by atoms with E-state index in [0.717, 1.165) is 19.4 Å². The largest absolute Gasteiger partial charge is 0.358 e. The number of benzene rings is 1. The number of H-pyrrole nitrogens is 1. The molecule has 0 amide bonds. The van der Waals surface area contributed by atoms with Crippen LogP contribution in [0.1, 0.15) is 29.3 Å². The van der Waals surface area contributed by atoms with E-state index < -0.39 is 0 Å². The fourth-order valence-electron chi connectivity index (χ4n) is 2.67. The fourth-order valence-corrected chi connectivity index (χ4v) is 2.67. The maximum absolute atomic E-state index is 3.59. The van der Waals surface area contributed by atoms with Gasteiger partial charge in [-0.2, -0.15) is 0 Å². The van der Waals surface area contributed by atoms with Crippen molar-refractivity contribution in [1.82, 2.24) is 9.88 Å². The van der Waals surface area contributed by atoms with Crippen molar-refractivity contribution < 1.29 is 0 Å². The molecule has 0 saturated heterocycles. The Bertz CT molecular complexity index is 550. The molecular formula is C16H24N2. The molecule has 0 aliphatic heterocycles. The zero-order chi connectivity index (χ0) is 13.3. The molecule has 0 saturated carbocycles. The standard InChI is InChI=1S/C16H24N2/c1-6-13-8-7-11(2)15-14(9-10-18(4)5)12(3)17-16(13)15/h7-8,17H,6,9-10H2,1-5H3. The van der Waals surface area contributed by atoms with Crippen LogP contribution >= 0.6 is 0 Å². The summed E-state index contributed by atoms with van der Waals surface area (Å²) in [5.41, 5.74) is 6.99. The minimum Gasteiger partial charge on any atom is -0.358 e. The normalized spacial score (nSPS) is 11.7. The summed E-state index contributed by atoms with van der Waals surface area (Å²) >= 11 is 0. The van der Waals surface area contributed by atoms with Gasteiger partial charge in [0.05, 0.1) is 0 Å². The zero-order valence-corrected chi connectivity index (χ0v) is 12.2. The quantitative estimate of drug-likeness (QED) is 0.872. The monoisotopic (exact) mass is 244 g/mol. The van der Waals surface area contributed by atoms with E-state index in [1.807, 2.05) is 0 Å². The van der Waals surface area contributed by atoms with Gasteiger partial charge in [-0.3, -0.25) is 0 Å². The predicted molar refractivity (Wildman–Crippen MR) is 79.4 cm³/mol. The summed E-state index contributed by atoms with van der Waals surface area (Å²) in [5.74, 6) is 0. The third-order valence-electron chi connectivity index (χ3n) is 3.76. The average Bonchev–Trinajstić information content (AvgIpc) is 2.65. The van der Waals surface area contributed by atoms with Gasteiger partial charge in [0.25, 0.3) is 0 Å².